The molecule has 1 amide bonds. The Hall–Kier alpha value is -2.55. The van der Waals surface area contributed by atoms with Crippen LogP contribution in [0.25, 0.3) is 20.8 Å². The van der Waals surface area contributed by atoms with E-state index in [1.54, 1.807) is 35.7 Å². The summed E-state index contributed by atoms with van der Waals surface area (Å²) in [6.45, 7) is 6.93. The molecule has 1 aliphatic heterocycles. The quantitative estimate of drug-likeness (QED) is 0.502. The third kappa shape index (κ3) is 3.37. The number of hydrogen-bond acceptors (Lipinski definition) is 7. The van der Waals surface area contributed by atoms with Gasteiger partial charge in [-0.15, -0.1) is 22.7 Å². The minimum Gasteiger partial charge on any atom is -0.351 e. The van der Waals surface area contributed by atoms with Crippen LogP contribution < -0.4 is 5.32 Å². The van der Waals surface area contributed by atoms with Crippen LogP contribution in [0.15, 0.2) is 34.9 Å². The van der Waals surface area contributed by atoms with Gasteiger partial charge in [-0.3, -0.25) is 9.69 Å². The van der Waals surface area contributed by atoms with Crippen molar-refractivity contribution in [3.63, 3.8) is 0 Å². The zero-order valence-electron chi connectivity index (χ0n) is 16.2. The Bertz CT molecular complexity index is 1170. The van der Waals surface area contributed by atoms with Gasteiger partial charge in [0.1, 0.15) is 10.0 Å². The summed E-state index contributed by atoms with van der Waals surface area (Å²) in [5.74, 6) is -0.0572. The number of nitrogens with one attached hydrogen (secondary N) is 1. The lowest BCUT2D eigenvalue weighted by atomic mass is 10.0. The molecule has 6 nitrogen and oxygen atoms in total. The Morgan fingerprint density at radius 1 is 1.31 bits per heavy atom. The smallest absolute Gasteiger partial charge is 0.294 e. The lowest BCUT2D eigenvalue weighted by Crippen LogP contribution is -2.29. The van der Waals surface area contributed by atoms with Gasteiger partial charge in [0.25, 0.3) is 5.91 Å². The average molecular weight is 425 g/mol. The maximum atomic E-state index is 12.8. The number of hydrogen-bond donors (Lipinski definition) is 1. The van der Waals surface area contributed by atoms with Crippen molar-refractivity contribution in [2.75, 3.05) is 18.4 Å². The van der Waals surface area contributed by atoms with Crippen LogP contribution in [0.2, 0.25) is 0 Å². The van der Waals surface area contributed by atoms with Gasteiger partial charge in [-0.1, -0.05) is 24.2 Å². The first-order valence-electron chi connectivity index (χ1n) is 9.60. The van der Waals surface area contributed by atoms with E-state index in [0.717, 1.165) is 51.8 Å². The zero-order valence-corrected chi connectivity index (χ0v) is 17.8. The molecule has 0 bridgehead atoms. The Morgan fingerprint density at radius 3 is 2.93 bits per heavy atom. The Kier molecular flexibility index (Phi) is 4.69. The summed E-state index contributed by atoms with van der Waals surface area (Å²) in [7, 11) is 0. The van der Waals surface area contributed by atoms with Crippen molar-refractivity contribution in [2.24, 2.45) is 0 Å². The molecule has 0 aliphatic carbocycles. The molecule has 0 atom stereocenters. The molecular weight excluding hydrogens is 404 g/mol. The van der Waals surface area contributed by atoms with Crippen molar-refractivity contribution in [1.82, 2.24) is 15.0 Å². The van der Waals surface area contributed by atoms with E-state index in [9.17, 15) is 4.79 Å². The Labute approximate surface area is 176 Å². The number of carbonyl (C=O) groups excluding carboxylic acids is 1. The number of thiazole rings is 1. The van der Waals surface area contributed by atoms with Gasteiger partial charge in [-0.05, 0) is 37.6 Å². The van der Waals surface area contributed by atoms with E-state index in [1.165, 1.54) is 10.4 Å². The van der Waals surface area contributed by atoms with Crippen LogP contribution in [0.3, 0.4) is 0 Å². The van der Waals surface area contributed by atoms with Crippen molar-refractivity contribution >= 4 is 43.8 Å². The van der Waals surface area contributed by atoms with Crippen LogP contribution in [0.5, 0.6) is 0 Å². The second kappa shape index (κ2) is 7.37. The standard InChI is InChI=1S/C21H20N4O2S2/c1-3-25-9-8-13-17(11-25)29-21(23-19(26)15-10-12(2)24-27-15)18(13)20-22-14-6-4-5-7-16(14)28-20/h4-7,10H,3,8-9,11H2,1-2H3,(H,23,26). The summed E-state index contributed by atoms with van der Waals surface area (Å²) in [4.78, 5) is 21.3. The number of likely N-dealkylation sites (N-methyl/N-ethyl adjacent to an activating group) is 1. The van der Waals surface area contributed by atoms with Gasteiger partial charge in [0.2, 0.25) is 5.76 Å². The molecule has 0 fully saturated rings. The first-order valence-corrected chi connectivity index (χ1v) is 11.2. The minimum atomic E-state index is -0.279. The topological polar surface area (TPSA) is 71.3 Å². The van der Waals surface area contributed by atoms with Gasteiger partial charge in [-0.25, -0.2) is 4.98 Å². The van der Waals surface area contributed by atoms with Crippen molar-refractivity contribution in [2.45, 2.75) is 26.8 Å². The Morgan fingerprint density at radius 2 is 2.17 bits per heavy atom. The zero-order chi connectivity index (χ0) is 20.0. The normalized spacial score (nSPS) is 14.3. The maximum Gasteiger partial charge on any atom is 0.294 e. The molecular formula is C21H20N4O2S2. The summed E-state index contributed by atoms with van der Waals surface area (Å²) in [6.07, 6.45) is 0.961. The number of nitrogens with zero attached hydrogens (tertiary/aromatic N) is 3. The first-order chi connectivity index (χ1) is 14.1. The monoisotopic (exact) mass is 424 g/mol. The number of aryl methyl sites for hydroxylation is 1. The lowest BCUT2D eigenvalue weighted by Gasteiger charge is -2.25. The van der Waals surface area contributed by atoms with Crippen LogP contribution in [-0.4, -0.2) is 34.0 Å². The molecule has 8 heteroatoms. The number of para-hydroxylation sites is 1. The van der Waals surface area contributed by atoms with Crippen LogP contribution >= 0.6 is 22.7 Å². The molecule has 0 saturated heterocycles. The number of fused-ring (bicyclic) bond motifs is 2. The molecule has 1 N–H and O–H groups in total. The summed E-state index contributed by atoms with van der Waals surface area (Å²) in [6, 6.07) is 9.80. The van der Waals surface area contributed by atoms with Crippen molar-refractivity contribution in [3.05, 3.63) is 52.2 Å². The predicted molar refractivity (Wildman–Crippen MR) is 117 cm³/mol. The molecule has 3 aromatic heterocycles. The van der Waals surface area contributed by atoms with E-state index in [4.69, 9.17) is 9.51 Å². The second-order valence-electron chi connectivity index (χ2n) is 7.10. The molecule has 4 aromatic rings. The number of rotatable bonds is 4. The third-order valence-corrected chi connectivity index (χ3v) is 7.36. The van der Waals surface area contributed by atoms with E-state index >= 15 is 0 Å². The largest absolute Gasteiger partial charge is 0.351 e. The SMILES string of the molecule is CCN1CCc2c(sc(NC(=O)c3cc(C)no3)c2-c2nc3ccccc3s2)C1. The molecule has 0 unspecified atom stereocenters. The van der Waals surface area contributed by atoms with E-state index in [-0.39, 0.29) is 11.7 Å². The predicted octanol–water partition coefficient (Wildman–Crippen LogP) is 4.95. The van der Waals surface area contributed by atoms with Gasteiger partial charge in [0.15, 0.2) is 0 Å². The molecule has 5 rings (SSSR count). The number of amides is 1. The van der Waals surface area contributed by atoms with Crippen LogP contribution in [0.4, 0.5) is 5.00 Å². The summed E-state index contributed by atoms with van der Waals surface area (Å²) in [5, 5.41) is 8.69. The number of carbonyl (C=O) groups is 1. The lowest BCUT2D eigenvalue weighted by molar-refractivity contribution is 0.0988. The number of anilines is 1. The number of benzene rings is 1. The maximum absolute atomic E-state index is 12.8. The third-order valence-electron chi connectivity index (χ3n) is 5.17. The highest BCUT2D eigenvalue weighted by Crippen LogP contribution is 2.45. The van der Waals surface area contributed by atoms with Gasteiger partial charge in [-0.2, -0.15) is 0 Å². The summed E-state index contributed by atoms with van der Waals surface area (Å²) in [5.41, 5.74) is 4.04. The van der Waals surface area contributed by atoms with Crippen molar-refractivity contribution in [1.29, 1.82) is 0 Å². The summed E-state index contributed by atoms with van der Waals surface area (Å²) < 4.78 is 6.30. The fourth-order valence-corrected chi connectivity index (χ4v) is 6.05. The van der Waals surface area contributed by atoms with Crippen LogP contribution in [-0.2, 0) is 13.0 Å². The van der Waals surface area contributed by atoms with Crippen molar-refractivity contribution < 1.29 is 9.32 Å². The average Bonchev–Trinajstić information content (AvgIpc) is 3.42. The second-order valence-corrected chi connectivity index (χ2v) is 9.24. The molecule has 0 radical (unpaired) electrons. The molecule has 4 heterocycles. The van der Waals surface area contributed by atoms with Crippen molar-refractivity contribution in [3.8, 4) is 10.6 Å². The highest BCUT2D eigenvalue weighted by molar-refractivity contribution is 7.22. The van der Waals surface area contributed by atoms with Gasteiger partial charge < -0.3 is 9.84 Å². The van der Waals surface area contributed by atoms with Crippen LogP contribution in [0, 0.1) is 6.92 Å². The first kappa shape index (κ1) is 18.5. The molecule has 1 aliphatic rings. The molecule has 0 spiro atoms. The fourth-order valence-electron chi connectivity index (χ4n) is 3.66. The highest BCUT2D eigenvalue weighted by atomic mass is 32.1. The fraction of sp³-hybridized carbons (Fsp3) is 0.286. The molecule has 1 aromatic carbocycles. The molecule has 29 heavy (non-hydrogen) atoms. The Balaban J connectivity index is 1.59. The molecule has 0 saturated carbocycles. The number of aromatic nitrogens is 2. The number of thiophene rings is 1. The summed E-state index contributed by atoms with van der Waals surface area (Å²) >= 11 is 3.32. The van der Waals surface area contributed by atoms with Gasteiger partial charge in [0, 0.05) is 29.6 Å². The van der Waals surface area contributed by atoms with E-state index < -0.39 is 0 Å². The van der Waals surface area contributed by atoms with Gasteiger partial charge in [0.05, 0.1) is 15.9 Å². The van der Waals surface area contributed by atoms with E-state index in [0.29, 0.717) is 5.69 Å². The van der Waals surface area contributed by atoms with Gasteiger partial charge >= 0.3 is 0 Å². The molecule has 148 valence electrons. The van der Waals surface area contributed by atoms with Crippen LogP contribution in [0.1, 0.15) is 33.6 Å². The minimum absolute atomic E-state index is 0.222. The van der Waals surface area contributed by atoms with E-state index in [1.807, 2.05) is 18.2 Å². The highest BCUT2D eigenvalue weighted by Gasteiger charge is 2.28. The van der Waals surface area contributed by atoms with E-state index in [2.05, 4.69) is 28.4 Å².